The van der Waals surface area contributed by atoms with E-state index in [4.69, 9.17) is 4.74 Å². The lowest BCUT2D eigenvalue weighted by atomic mass is 10.3. The lowest BCUT2D eigenvalue weighted by Gasteiger charge is -2.05. The van der Waals surface area contributed by atoms with E-state index in [1.807, 2.05) is 30.3 Å². The van der Waals surface area contributed by atoms with Crippen molar-refractivity contribution in [3.05, 3.63) is 72.7 Å². The minimum atomic E-state index is -0.301. The third-order valence-corrected chi connectivity index (χ3v) is 3.48. The van der Waals surface area contributed by atoms with Crippen LogP contribution in [0.15, 0.2) is 76.9 Å². The second-order valence-electron chi connectivity index (χ2n) is 4.15. The van der Waals surface area contributed by atoms with Gasteiger partial charge >= 0.3 is 0 Å². The van der Waals surface area contributed by atoms with Gasteiger partial charge in [-0.25, -0.2) is 9.37 Å². The second kappa shape index (κ2) is 6.37. The van der Waals surface area contributed by atoms with Crippen LogP contribution < -0.4 is 4.74 Å². The fraction of sp³-hybridized carbons (Fsp3) is 0. The molecule has 2 aromatic carbocycles. The summed E-state index contributed by atoms with van der Waals surface area (Å²) in [6.45, 7) is 0. The Labute approximate surface area is 125 Å². The maximum absolute atomic E-state index is 12.8. The average molecular weight is 298 g/mol. The van der Waals surface area contributed by atoms with Gasteiger partial charge in [-0.3, -0.25) is 0 Å². The standard InChI is InChI=1S/C16H11FN2OS/c17-12-6-8-13(9-7-12)20-15-10-11-18-16(19-15)21-14-4-2-1-3-5-14/h1-11H. The second-order valence-corrected chi connectivity index (χ2v) is 5.19. The molecule has 0 saturated heterocycles. The van der Waals surface area contributed by atoms with E-state index in [9.17, 15) is 4.39 Å². The molecule has 0 fully saturated rings. The molecule has 3 nitrogen and oxygen atoms in total. The van der Waals surface area contributed by atoms with Crippen LogP contribution >= 0.6 is 11.8 Å². The van der Waals surface area contributed by atoms with Crippen molar-refractivity contribution in [2.75, 3.05) is 0 Å². The first kappa shape index (κ1) is 13.6. The fourth-order valence-electron chi connectivity index (χ4n) is 1.65. The van der Waals surface area contributed by atoms with E-state index >= 15 is 0 Å². The van der Waals surface area contributed by atoms with Crippen LogP contribution in [0.4, 0.5) is 4.39 Å². The topological polar surface area (TPSA) is 35.0 Å². The summed E-state index contributed by atoms with van der Waals surface area (Å²) in [6.07, 6.45) is 1.64. The zero-order chi connectivity index (χ0) is 14.5. The highest BCUT2D eigenvalue weighted by atomic mass is 32.2. The number of ether oxygens (including phenoxy) is 1. The van der Waals surface area contributed by atoms with E-state index < -0.39 is 0 Å². The summed E-state index contributed by atoms with van der Waals surface area (Å²) in [5.74, 6) is 0.658. The van der Waals surface area contributed by atoms with Crippen molar-refractivity contribution in [2.45, 2.75) is 10.1 Å². The third-order valence-electron chi connectivity index (χ3n) is 2.60. The van der Waals surface area contributed by atoms with Gasteiger partial charge in [0.2, 0.25) is 5.88 Å². The van der Waals surface area contributed by atoms with Crippen LogP contribution in [0.1, 0.15) is 0 Å². The Morgan fingerprint density at radius 2 is 1.67 bits per heavy atom. The molecule has 1 heterocycles. The molecule has 0 amide bonds. The van der Waals surface area contributed by atoms with Gasteiger partial charge in [-0.05, 0) is 48.2 Å². The van der Waals surface area contributed by atoms with Crippen LogP contribution in [-0.2, 0) is 0 Å². The van der Waals surface area contributed by atoms with Crippen LogP contribution in [0.3, 0.4) is 0 Å². The van der Waals surface area contributed by atoms with Crippen molar-refractivity contribution >= 4 is 11.8 Å². The maximum atomic E-state index is 12.8. The molecule has 3 aromatic rings. The van der Waals surface area contributed by atoms with E-state index in [-0.39, 0.29) is 5.82 Å². The molecule has 0 N–H and O–H groups in total. The van der Waals surface area contributed by atoms with E-state index in [2.05, 4.69) is 9.97 Å². The van der Waals surface area contributed by atoms with Crippen molar-refractivity contribution in [3.63, 3.8) is 0 Å². The number of aromatic nitrogens is 2. The summed E-state index contributed by atoms with van der Waals surface area (Å²) in [4.78, 5) is 9.58. The zero-order valence-corrected chi connectivity index (χ0v) is 11.8. The van der Waals surface area contributed by atoms with Crippen LogP contribution in [-0.4, -0.2) is 9.97 Å². The quantitative estimate of drug-likeness (QED) is 0.661. The molecule has 0 saturated carbocycles. The van der Waals surface area contributed by atoms with Gasteiger partial charge in [-0.15, -0.1) is 0 Å². The molecule has 0 unspecified atom stereocenters. The van der Waals surface area contributed by atoms with Crippen LogP contribution in [0, 0.1) is 5.82 Å². The number of nitrogens with zero attached hydrogens (tertiary/aromatic N) is 2. The minimum Gasteiger partial charge on any atom is -0.439 e. The molecule has 0 atom stereocenters. The van der Waals surface area contributed by atoms with Gasteiger partial charge in [0.15, 0.2) is 5.16 Å². The molecular weight excluding hydrogens is 287 g/mol. The van der Waals surface area contributed by atoms with Crippen molar-refractivity contribution in [3.8, 4) is 11.6 Å². The van der Waals surface area contributed by atoms with Gasteiger partial charge in [0.25, 0.3) is 0 Å². The largest absolute Gasteiger partial charge is 0.439 e. The van der Waals surface area contributed by atoms with Gasteiger partial charge in [-0.2, -0.15) is 4.98 Å². The van der Waals surface area contributed by atoms with Crippen molar-refractivity contribution in [2.24, 2.45) is 0 Å². The summed E-state index contributed by atoms with van der Waals surface area (Å²) < 4.78 is 18.4. The molecule has 0 radical (unpaired) electrons. The zero-order valence-electron chi connectivity index (χ0n) is 10.9. The molecule has 0 aliphatic rings. The normalized spacial score (nSPS) is 10.3. The van der Waals surface area contributed by atoms with E-state index in [1.165, 1.54) is 23.9 Å². The predicted octanol–water partition coefficient (Wildman–Crippen LogP) is 4.56. The highest BCUT2D eigenvalue weighted by molar-refractivity contribution is 7.99. The number of rotatable bonds is 4. The molecule has 21 heavy (non-hydrogen) atoms. The van der Waals surface area contributed by atoms with Gasteiger partial charge in [0.1, 0.15) is 11.6 Å². The molecule has 0 spiro atoms. The molecule has 0 aliphatic carbocycles. The van der Waals surface area contributed by atoms with Gasteiger partial charge in [0, 0.05) is 17.2 Å². The molecule has 0 bridgehead atoms. The Morgan fingerprint density at radius 1 is 0.905 bits per heavy atom. The Kier molecular flexibility index (Phi) is 4.12. The van der Waals surface area contributed by atoms with Crippen molar-refractivity contribution < 1.29 is 9.13 Å². The highest BCUT2D eigenvalue weighted by Gasteiger charge is 2.04. The molecule has 104 valence electrons. The number of benzene rings is 2. The van der Waals surface area contributed by atoms with Crippen LogP contribution in [0.25, 0.3) is 0 Å². The van der Waals surface area contributed by atoms with Gasteiger partial charge in [0.05, 0.1) is 0 Å². The van der Waals surface area contributed by atoms with Crippen molar-refractivity contribution in [1.29, 1.82) is 0 Å². The SMILES string of the molecule is Fc1ccc(Oc2ccnc(Sc3ccccc3)n2)cc1. The predicted molar refractivity (Wildman–Crippen MR) is 79.1 cm³/mol. The Balaban J connectivity index is 1.75. The molecule has 5 heteroatoms. The smallest absolute Gasteiger partial charge is 0.223 e. The molecule has 0 aliphatic heterocycles. The fourth-order valence-corrected chi connectivity index (χ4v) is 2.40. The summed E-state index contributed by atoms with van der Waals surface area (Å²) in [7, 11) is 0. The molecule has 3 rings (SSSR count). The van der Waals surface area contributed by atoms with E-state index in [0.717, 1.165) is 4.90 Å². The van der Waals surface area contributed by atoms with Crippen LogP contribution in [0.2, 0.25) is 0 Å². The maximum Gasteiger partial charge on any atom is 0.223 e. The molecule has 1 aromatic heterocycles. The average Bonchev–Trinajstić information content (AvgIpc) is 2.51. The third kappa shape index (κ3) is 3.79. The summed E-state index contributed by atoms with van der Waals surface area (Å²) in [6, 6.07) is 17.3. The Hall–Kier alpha value is -2.40. The van der Waals surface area contributed by atoms with E-state index in [1.54, 1.807) is 24.4 Å². The number of hydrogen-bond donors (Lipinski definition) is 0. The lowest BCUT2D eigenvalue weighted by Crippen LogP contribution is -1.91. The number of halogens is 1. The number of hydrogen-bond acceptors (Lipinski definition) is 4. The first-order chi connectivity index (χ1) is 10.3. The highest BCUT2D eigenvalue weighted by Crippen LogP contribution is 2.26. The van der Waals surface area contributed by atoms with Crippen LogP contribution in [0.5, 0.6) is 11.6 Å². The summed E-state index contributed by atoms with van der Waals surface area (Å²) >= 11 is 1.45. The summed E-state index contributed by atoms with van der Waals surface area (Å²) in [5, 5.41) is 0.598. The van der Waals surface area contributed by atoms with Gasteiger partial charge in [-0.1, -0.05) is 18.2 Å². The first-order valence-electron chi connectivity index (χ1n) is 6.29. The lowest BCUT2D eigenvalue weighted by molar-refractivity contribution is 0.454. The molecular formula is C16H11FN2OS. The first-order valence-corrected chi connectivity index (χ1v) is 7.11. The van der Waals surface area contributed by atoms with Crippen molar-refractivity contribution in [1.82, 2.24) is 9.97 Å². The van der Waals surface area contributed by atoms with Gasteiger partial charge < -0.3 is 4.74 Å². The Morgan fingerprint density at radius 3 is 2.43 bits per heavy atom. The van der Waals surface area contributed by atoms with E-state index in [0.29, 0.717) is 16.8 Å². The summed E-state index contributed by atoms with van der Waals surface area (Å²) in [5.41, 5.74) is 0. The Bertz CT molecular complexity index is 720. The monoisotopic (exact) mass is 298 g/mol. The minimum absolute atomic E-state index is 0.301.